The Balaban J connectivity index is 4.36. The smallest absolute Gasteiger partial charge is 0.354 e. The van der Waals surface area contributed by atoms with Gasteiger partial charge in [-0.25, -0.2) is 9.59 Å². The van der Waals surface area contributed by atoms with E-state index in [4.69, 9.17) is 23.2 Å². The van der Waals surface area contributed by atoms with Crippen molar-refractivity contribution in [1.82, 2.24) is 0 Å². The molecule has 0 saturated carbocycles. The Morgan fingerprint density at radius 2 is 1.38 bits per heavy atom. The largest absolute Gasteiger partial charge is 0.463 e. The highest BCUT2D eigenvalue weighted by Crippen LogP contribution is 2.24. The van der Waals surface area contributed by atoms with Crippen LogP contribution in [0, 0.1) is 0 Å². The minimum Gasteiger partial charge on any atom is -0.463 e. The normalized spacial score (nSPS) is 10.8. The second-order valence-corrected chi connectivity index (χ2v) is 3.34. The van der Waals surface area contributed by atoms with Crippen LogP contribution >= 0.6 is 23.2 Å². The second-order valence-electron chi connectivity index (χ2n) is 2.02. The van der Waals surface area contributed by atoms with E-state index in [2.05, 4.69) is 9.47 Å². The van der Waals surface area contributed by atoms with Gasteiger partial charge >= 0.3 is 16.3 Å². The predicted molar refractivity (Wildman–Crippen MR) is 47.7 cm³/mol. The molecule has 0 aromatic carbocycles. The summed E-state index contributed by atoms with van der Waals surface area (Å²) >= 11 is 10.8. The molecule has 0 heterocycles. The molecule has 0 rings (SSSR count). The SMILES string of the molecule is CCOC(=O)C(Cl)(Cl)C(=O)OCC. The van der Waals surface area contributed by atoms with Crippen molar-refractivity contribution in [3.63, 3.8) is 0 Å². The van der Waals surface area contributed by atoms with Gasteiger partial charge in [-0.1, -0.05) is 23.2 Å². The van der Waals surface area contributed by atoms with E-state index in [9.17, 15) is 9.59 Å². The number of carbonyl (C=O) groups is 2. The van der Waals surface area contributed by atoms with Crippen LogP contribution in [0.25, 0.3) is 0 Å². The Labute approximate surface area is 86.1 Å². The van der Waals surface area contributed by atoms with Crippen LogP contribution in [0.3, 0.4) is 0 Å². The summed E-state index contributed by atoms with van der Waals surface area (Å²) in [6.45, 7) is 3.35. The molecule has 0 aliphatic heterocycles. The summed E-state index contributed by atoms with van der Waals surface area (Å²) in [6.07, 6.45) is 0. The third kappa shape index (κ3) is 3.40. The predicted octanol–water partition coefficient (Wildman–Crippen LogP) is 1.29. The van der Waals surface area contributed by atoms with E-state index in [1.54, 1.807) is 13.8 Å². The highest BCUT2D eigenvalue weighted by atomic mass is 35.5. The molecular formula is C7H10Cl2O4. The fourth-order valence-corrected chi connectivity index (χ4v) is 0.745. The summed E-state index contributed by atoms with van der Waals surface area (Å²) in [7, 11) is 0. The summed E-state index contributed by atoms with van der Waals surface area (Å²) in [5.74, 6) is -2.03. The number of ether oxygens (including phenoxy) is 2. The molecule has 13 heavy (non-hydrogen) atoms. The lowest BCUT2D eigenvalue weighted by Gasteiger charge is -2.15. The zero-order valence-electron chi connectivity index (χ0n) is 7.30. The average Bonchev–Trinajstić information content (AvgIpc) is 2.05. The first-order valence-electron chi connectivity index (χ1n) is 3.69. The average molecular weight is 229 g/mol. The van der Waals surface area contributed by atoms with Gasteiger partial charge in [0.2, 0.25) is 0 Å². The Bertz CT molecular complexity index is 183. The van der Waals surface area contributed by atoms with E-state index < -0.39 is 16.3 Å². The van der Waals surface area contributed by atoms with E-state index in [0.29, 0.717) is 0 Å². The van der Waals surface area contributed by atoms with Gasteiger partial charge in [-0.05, 0) is 13.8 Å². The van der Waals surface area contributed by atoms with Crippen molar-refractivity contribution in [3.8, 4) is 0 Å². The molecule has 0 spiro atoms. The fourth-order valence-electron chi connectivity index (χ4n) is 0.527. The first-order chi connectivity index (χ1) is 5.96. The lowest BCUT2D eigenvalue weighted by atomic mass is 10.4. The zero-order chi connectivity index (χ0) is 10.5. The number of hydrogen-bond donors (Lipinski definition) is 0. The van der Waals surface area contributed by atoms with Crippen LogP contribution < -0.4 is 0 Å². The zero-order valence-corrected chi connectivity index (χ0v) is 8.81. The lowest BCUT2D eigenvalue weighted by molar-refractivity contribution is -0.155. The van der Waals surface area contributed by atoms with Gasteiger partial charge in [-0.15, -0.1) is 0 Å². The van der Waals surface area contributed by atoms with Crippen molar-refractivity contribution in [3.05, 3.63) is 0 Å². The molecule has 0 N–H and O–H groups in total. The third-order valence-corrected chi connectivity index (χ3v) is 1.68. The number of rotatable bonds is 4. The van der Waals surface area contributed by atoms with E-state index >= 15 is 0 Å². The van der Waals surface area contributed by atoms with Crippen molar-refractivity contribution in [1.29, 1.82) is 0 Å². The number of esters is 2. The van der Waals surface area contributed by atoms with Gasteiger partial charge in [0.1, 0.15) is 0 Å². The van der Waals surface area contributed by atoms with Crippen LogP contribution in [0.5, 0.6) is 0 Å². The molecule has 0 radical (unpaired) electrons. The minimum absolute atomic E-state index is 0.0967. The monoisotopic (exact) mass is 228 g/mol. The second kappa shape index (κ2) is 5.29. The molecule has 4 nitrogen and oxygen atoms in total. The third-order valence-electron chi connectivity index (χ3n) is 1.06. The quantitative estimate of drug-likeness (QED) is 0.414. The summed E-state index contributed by atoms with van der Waals surface area (Å²) in [5, 5.41) is 0. The van der Waals surface area contributed by atoms with Gasteiger partial charge < -0.3 is 9.47 Å². The lowest BCUT2D eigenvalue weighted by Crippen LogP contribution is -2.38. The maximum atomic E-state index is 11.0. The molecule has 0 aliphatic rings. The van der Waals surface area contributed by atoms with Gasteiger partial charge in [0.25, 0.3) is 0 Å². The van der Waals surface area contributed by atoms with Crippen LogP contribution in [-0.4, -0.2) is 29.5 Å². The van der Waals surface area contributed by atoms with Crippen molar-refractivity contribution in [2.45, 2.75) is 18.2 Å². The van der Waals surface area contributed by atoms with Crippen LogP contribution in [0.15, 0.2) is 0 Å². The maximum Gasteiger partial charge on any atom is 0.354 e. The van der Waals surface area contributed by atoms with Gasteiger partial charge in [0.15, 0.2) is 0 Å². The van der Waals surface area contributed by atoms with Crippen LogP contribution in [-0.2, 0) is 19.1 Å². The summed E-state index contributed by atoms with van der Waals surface area (Å²) in [5.41, 5.74) is 0. The van der Waals surface area contributed by atoms with E-state index in [-0.39, 0.29) is 13.2 Å². The first kappa shape index (κ1) is 12.5. The Morgan fingerprint density at radius 3 is 1.62 bits per heavy atom. The molecule has 0 aromatic heterocycles. The molecule has 0 fully saturated rings. The molecule has 0 saturated heterocycles. The molecule has 0 atom stereocenters. The van der Waals surface area contributed by atoms with E-state index in [1.807, 2.05) is 0 Å². The number of carbonyl (C=O) groups excluding carboxylic acids is 2. The van der Waals surface area contributed by atoms with Gasteiger partial charge in [-0.3, -0.25) is 0 Å². The summed E-state index contributed by atoms with van der Waals surface area (Å²) in [4.78, 5) is 22.0. The summed E-state index contributed by atoms with van der Waals surface area (Å²) < 4.78 is 6.68. The highest BCUT2D eigenvalue weighted by Gasteiger charge is 2.45. The molecule has 0 aromatic rings. The number of halogens is 2. The minimum atomic E-state index is -2.26. The Hall–Kier alpha value is -0.480. The maximum absolute atomic E-state index is 11.0. The van der Waals surface area contributed by atoms with Crippen molar-refractivity contribution < 1.29 is 19.1 Å². The first-order valence-corrected chi connectivity index (χ1v) is 4.44. The molecule has 0 aliphatic carbocycles. The fraction of sp³-hybridized carbons (Fsp3) is 0.714. The summed E-state index contributed by atoms with van der Waals surface area (Å²) in [6, 6.07) is 0. The molecular weight excluding hydrogens is 219 g/mol. The topological polar surface area (TPSA) is 52.6 Å². The van der Waals surface area contributed by atoms with Crippen molar-refractivity contribution >= 4 is 35.1 Å². The van der Waals surface area contributed by atoms with E-state index in [1.165, 1.54) is 0 Å². The van der Waals surface area contributed by atoms with Crippen LogP contribution in [0.4, 0.5) is 0 Å². The Kier molecular flexibility index (Phi) is 5.10. The standard InChI is InChI=1S/C7H10Cl2O4/c1-3-12-5(10)7(8,9)6(11)13-4-2/h3-4H2,1-2H3. The highest BCUT2D eigenvalue weighted by molar-refractivity contribution is 6.66. The Morgan fingerprint density at radius 1 is 1.08 bits per heavy atom. The number of hydrogen-bond acceptors (Lipinski definition) is 4. The van der Waals surface area contributed by atoms with Gasteiger partial charge in [-0.2, -0.15) is 0 Å². The number of alkyl halides is 2. The van der Waals surface area contributed by atoms with Gasteiger partial charge in [0.05, 0.1) is 13.2 Å². The molecule has 0 amide bonds. The van der Waals surface area contributed by atoms with E-state index in [0.717, 1.165) is 0 Å². The van der Waals surface area contributed by atoms with Crippen molar-refractivity contribution in [2.75, 3.05) is 13.2 Å². The van der Waals surface area contributed by atoms with Gasteiger partial charge in [0, 0.05) is 0 Å². The molecule has 0 bridgehead atoms. The van der Waals surface area contributed by atoms with Crippen LogP contribution in [0.1, 0.15) is 13.8 Å². The molecule has 6 heteroatoms. The molecule has 0 unspecified atom stereocenters. The van der Waals surface area contributed by atoms with Crippen LogP contribution in [0.2, 0.25) is 0 Å². The van der Waals surface area contributed by atoms with Crippen molar-refractivity contribution in [2.24, 2.45) is 0 Å². The molecule has 76 valence electrons.